The van der Waals surface area contributed by atoms with E-state index in [1.165, 1.54) is 0 Å². The minimum atomic E-state index is -0.815. The van der Waals surface area contributed by atoms with E-state index < -0.39 is 5.97 Å². The highest BCUT2D eigenvalue weighted by molar-refractivity contribution is 5.75. The van der Waals surface area contributed by atoms with Gasteiger partial charge in [-0.15, -0.1) is 0 Å². The molecular formula is C13H16N2O2. The summed E-state index contributed by atoms with van der Waals surface area (Å²) in [5.41, 5.74) is 2.64. The molecule has 2 aromatic heterocycles. The second-order valence-electron chi connectivity index (χ2n) is 4.53. The number of aliphatic carboxylic acids is 1. The van der Waals surface area contributed by atoms with E-state index in [2.05, 4.69) is 18.8 Å². The van der Waals surface area contributed by atoms with Crippen LogP contribution in [0, 0.1) is 6.92 Å². The van der Waals surface area contributed by atoms with Gasteiger partial charge < -0.3 is 9.51 Å². The normalized spacial score (nSPS) is 11.3. The summed E-state index contributed by atoms with van der Waals surface area (Å²) < 4.78 is 2.00. The zero-order chi connectivity index (χ0) is 12.6. The molecule has 0 saturated carbocycles. The van der Waals surface area contributed by atoms with Gasteiger partial charge in [0.1, 0.15) is 5.82 Å². The van der Waals surface area contributed by atoms with Crippen LogP contribution in [0.15, 0.2) is 18.3 Å². The molecule has 17 heavy (non-hydrogen) atoms. The second kappa shape index (κ2) is 4.20. The number of carbonyl (C=O) groups is 1. The van der Waals surface area contributed by atoms with Crippen LogP contribution in [0.1, 0.15) is 36.8 Å². The first kappa shape index (κ1) is 11.6. The minimum absolute atomic E-state index is 0.0361. The van der Waals surface area contributed by atoms with Gasteiger partial charge in [-0.1, -0.05) is 19.9 Å². The Labute approximate surface area is 99.9 Å². The zero-order valence-electron chi connectivity index (χ0n) is 10.3. The van der Waals surface area contributed by atoms with E-state index in [0.717, 1.165) is 22.6 Å². The molecule has 0 bridgehead atoms. The molecule has 0 radical (unpaired) electrons. The van der Waals surface area contributed by atoms with E-state index >= 15 is 0 Å². The Morgan fingerprint density at radius 2 is 2.24 bits per heavy atom. The number of hydrogen-bond donors (Lipinski definition) is 1. The SMILES string of the molecule is Cc1nc(C(C)C)n2cccc(CC(=O)O)c12. The van der Waals surface area contributed by atoms with Crippen LogP contribution in [0.3, 0.4) is 0 Å². The van der Waals surface area contributed by atoms with Gasteiger partial charge in [0.15, 0.2) is 0 Å². The number of aryl methyl sites for hydroxylation is 1. The first-order valence-electron chi connectivity index (χ1n) is 5.69. The largest absolute Gasteiger partial charge is 0.481 e. The fraction of sp³-hybridized carbons (Fsp3) is 0.385. The van der Waals surface area contributed by atoms with Crippen molar-refractivity contribution in [3.63, 3.8) is 0 Å². The van der Waals surface area contributed by atoms with Crippen LogP contribution in [0.2, 0.25) is 0 Å². The van der Waals surface area contributed by atoms with Gasteiger partial charge in [0.05, 0.1) is 17.6 Å². The highest BCUT2D eigenvalue weighted by Crippen LogP contribution is 2.22. The summed E-state index contributed by atoms with van der Waals surface area (Å²) in [6.07, 6.45) is 1.98. The maximum atomic E-state index is 10.8. The number of hydrogen-bond acceptors (Lipinski definition) is 2. The van der Waals surface area contributed by atoms with Crippen LogP contribution in [-0.2, 0) is 11.2 Å². The molecule has 0 amide bonds. The van der Waals surface area contributed by atoms with Crippen molar-refractivity contribution in [1.29, 1.82) is 0 Å². The Balaban J connectivity index is 2.68. The van der Waals surface area contributed by atoms with E-state index in [0.29, 0.717) is 5.92 Å². The number of carboxylic acids is 1. The lowest BCUT2D eigenvalue weighted by Crippen LogP contribution is -2.03. The standard InChI is InChI=1S/C13H16N2O2/c1-8(2)13-14-9(3)12-10(7-11(16)17)5-4-6-15(12)13/h4-6,8H,7H2,1-3H3,(H,16,17). The van der Waals surface area contributed by atoms with Crippen molar-refractivity contribution in [2.24, 2.45) is 0 Å². The van der Waals surface area contributed by atoms with Crippen LogP contribution in [-0.4, -0.2) is 20.5 Å². The van der Waals surface area contributed by atoms with E-state index in [1.54, 1.807) is 0 Å². The highest BCUT2D eigenvalue weighted by Gasteiger charge is 2.14. The molecule has 0 fully saturated rings. The Kier molecular flexibility index (Phi) is 2.88. The predicted molar refractivity (Wildman–Crippen MR) is 65.4 cm³/mol. The summed E-state index contributed by atoms with van der Waals surface area (Å²) in [6, 6.07) is 3.72. The molecule has 90 valence electrons. The van der Waals surface area contributed by atoms with E-state index in [-0.39, 0.29) is 6.42 Å². The number of aromatic nitrogens is 2. The quantitative estimate of drug-likeness (QED) is 0.884. The Hall–Kier alpha value is -1.84. The minimum Gasteiger partial charge on any atom is -0.481 e. The van der Waals surface area contributed by atoms with Crippen LogP contribution in [0.25, 0.3) is 5.52 Å². The fourth-order valence-electron chi connectivity index (χ4n) is 2.14. The third kappa shape index (κ3) is 2.02. The third-order valence-electron chi connectivity index (χ3n) is 2.81. The molecule has 0 aliphatic heterocycles. The number of fused-ring (bicyclic) bond motifs is 1. The van der Waals surface area contributed by atoms with Gasteiger partial charge in [-0.3, -0.25) is 4.79 Å². The van der Waals surface area contributed by atoms with Gasteiger partial charge in [-0.05, 0) is 18.6 Å². The van der Waals surface area contributed by atoms with Crippen molar-refractivity contribution < 1.29 is 9.90 Å². The number of nitrogens with zero attached hydrogens (tertiary/aromatic N) is 2. The summed E-state index contributed by atoms with van der Waals surface area (Å²) in [6.45, 7) is 6.09. The van der Waals surface area contributed by atoms with Crippen LogP contribution >= 0.6 is 0 Å². The van der Waals surface area contributed by atoms with Crippen molar-refractivity contribution in [1.82, 2.24) is 9.38 Å². The molecule has 2 aromatic rings. The Bertz CT molecular complexity index is 570. The van der Waals surface area contributed by atoms with Gasteiger partial charge in [0.2, 0.25) is 0 Å². The predicted octanol–water partition coefficient (Wildman–Crippen LogP) is 2.39. The van der Waals surface area contributed by atoms with Crippen LogP contribution in [0.5, 0.6) is 0 Å². The number of pyridine rings is 1. The van der Waals surface area contributed by atoms with Crippen molar-refractivity contribution >= 4 is 11.5 Å². The van der Waals surface area contributed by atoms with E-state index in [1.807, 2.05) is 29.7 Å². The van der Waals surface area contributed by atoms with Gasteiger partial charge in [0.25, 0.3) is 0 Å². The number of rotatable bonds is 3. The van der Waals surface area contributed by atoms with Gasteiger partial charge in [0, 0.05) is 12.1 Å². The van der Waals surface area contributed by atoms with E-state index in [4.69, 9.17) is 5.11 Å². The van der Waals surface area contributed by atoms with Gasteiger partial charge in [-0.2, -0.15) is 0 Å². The average Bonchev–Trinajstić information content (AvgIpc) is 2.56. The molecule has 4 nitrogen and oxygen atoms in total. The molecule has 0 aliphatic rings. The van der Waals surface area contributed by atoms with Gasteiger partial charge in [-0.25, -0.2) is 4.98 Å². The summed E-state index contributed by atoms with van der Waals surface area (Å²) in [5.74, 6) is 0.478. The molecule has 0 spiro atoms. The molecular weight excluding hydrogens is 216 g/mol. The molecule has 0 saturated heterocycles. The first-order chi connectivity index (χ1) is 8.00. The van der Waals surface area contributed by atoms with Crippen LogP contribution < -0.4 is 0 Å². The molecule has 0 atom stereocenters. The molecule has 4 heteroatoms. The second-order valence-corrected chi connectivity index (χ2v) is 4.53. The lowest BCUT2D eigenvalue weighted by molar-refractivity contribution is -0.136. The summed E-state index contributed by atoms with van der Waals surface area (Å²) >= 11 is 0. The maximum absolute atomic E-state index is 10.8. The van der Waals surface area contributed by atoms with E-state index in [9.17, 15) is 4.79 Å². The third-order valence-corrected chi connectivity index (χ3v) is 2.81. The number of carboxylic acid groups (broad SMARTS) is 1. The highest BCUT2D eigenvalue weighted by atomic mass is 16.4. The van der Waals surface area contributed by atoms with Crippen molar-refractivity contribution in [3.05, 3.63) is 35.4 Å². The van der Waals surface area contributed by atoms with Crippen molar-refractivity contribution in [3.8, 4) is 0 Å². The van der Waals surface area contributed by atoms with Crippen LogP contribution in [0.4, 0.5) is 0 Å². The molecule has 0 unspecified atom stereocenters. The topological polar surface area (TPSA) is 54.6 Å². The lowest BCUT2D eigenvalue weighted by Gasteiger charge is -2.06. The molecule has 0 aliphatic carbocycles. The first-order valence-corrected chi connectivity index (χ1v) is 5.69. The Morgan fingerprint density at radius 3 is 2.82 bits per heavy atom. The fourth-order valence-corrected chi connectivity index (χ4v) is 2.14. The summed E-state index contributed by atoms with van der Waals surface area (Å²) in [5, 5.41) is 8.90. The van der Waals surface area contributed by atoms with Crippen molar-refractivity contribution in [2.45, 2.75) is 33.1 Å². The molecule has 2 rings (SSSR count). The smallest absolute Gasteiger partial charge is 0.307 e. The molecule has 1 N–H and O–H groups in total. The van der Waals surface area contributed by atoms with Crippen molar-refractivity contribution in [2.75, 3.05) is 0 Å². The monoisotopic (exact) mass is 232 g/mol. The summed E-state index contributed by atoms with van der Waals surface area (Å²) in [4.78, 5) is 15.4. The Morgan fingerprint density at radius 1 is 1.53 bits per heavy atom. The molecule has 2 heterocycles. The summed E-state index contributed by atoms with van der Waals surface area (Å²) in [7, 11) is 0. The zero-order valence-corrected chi connectivity index (χ0v) is 10.3. The number of imidazole rings is 1. The van der Waals surface area contributed by atoms with Gasteiger partial charge >= 0.3 is 5.97 Å². The lowest BCUT2D eigenvalue weighted by atomic mass is 10.1. The maximum Gasteiger partial charge on any atom is 0.307 e. The molecule has 0 aromatic carbocycles. The average molecular weight is 232 g/mol.